The van der Waals surface area contributed by atoms with E-state index in [1.165, 1.54) is 31.6 Å². The molecule has 1 heterocycles. The number of hydrogen-bond donors (Lipinski definition) is 1. The van der Waals surface area contributed by atoms with Gasteiger partial charge in [-0.15, -0.1) is 11.8 Å². The summed E-state index contributed by atoms with van der Waals surface area (Å²) in [5, 5.41) is 3.69. The van der Waals surface area contributed by atoms with Gasteiger partial charge >= 0.3 is 0 Å². The minimum absolute atomic E-state index is 0.451. The molecule has 11 heavy (non-hydrogen) atoms. The lowest BCUT2D eigenvalue weighted by molar-refractivity contribution is 0.265. The van der Waals surface area contributed by atoms with Gasteiger partial charge in [-0.1, -0.05) is 20.3 Å². The van der Waals surface area contributed by atoms with Crippen molar-refractivity contribution in [3.8, 4) is 0 Å². The molecular weight excluding hydrogens is 154 g/mol. The maximum absolute atomic E-state index is 3.69. The second-order valence-corrected chi connectivity index (χ2v) is 5.73. The minimum atomic E-state index is 0.451. The Kier molecular flexibility index (Phi) is 1.73. The average Bonchev–Trinajstić information content (AvgIpc) is 2.45. The number of nitrogens with one attached hydrogen (secondary N) is 1. The van der Waals surface area contributed by atoms with Crippen molar-refractivity contribution >= 4 is 11.8 Å². The van der Waals surface area contributed by atoms with Crippen molar-refractivity contribution in [3.63, 3.8) is 0 Å². The first-order chi connectivity index (χ1) is 5.16. The summed E-state index contributed by atoms with van der Waals surface area (Å²) >= 11 is 2.15. The van der Waals surface area contributed by atoms with Crippen LogP contribution in [-0.4, -0.2) is 17.2 Å². The molecule has 1 aliphatic heterocycles. The molecule has 1 saturated heterocycles. The van der Waals surface area contributed by atoms with Crippen LogP contribution in [0.1, 0.15) is 33.1 Å². The second kappa shape index (κ2) is 2.40. The van der Waals surface area contributed by atoms with Crippen LogP contribution in [0.2, 0.25) is 0 Å². The summed E-state index contributed by atoms with van der Waals surface area (Å²) in [6.45, 7) is 6.03. The fourth-order valence-electron chi connectivity index (χ4n) is 2.44. The zero-order chi connectivity index (χ0) is 7.95. The van der Waals surface area contributed by atoms with Gasteiger partial charge in [-0.3, -0.25) is 0 Å². The van der Waals surface area contributed by atoms with Crippen molar-refractivity contribution in [2.24, 2.45) is 5.41 Å². The van der Waals surface area contributed by atoms with Crippen LogP contribution in [0.4, 0.5) is 0 Å². The maximum Gasteiger partial charge on any atom is 0.0697 e. The Balaban J connectivity index is 2.22. The van der Waals surface area contributed by atoms with Crippen molar-refractivity contribution in [1.82, 2.24) is 5.32 Å². The summed E-state index contributed by atoms with van der Waals surface area (Å²) in [5.74, 6) is 1.31. The van der Waals surface area contributed by atoms with Crippen LogP contribution in [0.5, 0.6) is 0 Å². The summed E-state index contributed by atoms with van der Waals surface area (Å²) < 4.78 is 0. The van der Waals surface area contributed by atoms with E-state index < -0.39 is 0 Å². The molecule has 2 rings (SSSR count). The third-order valence-corrected chi connectivity index (χ3v) is 5.09. The van der Waals surface area contributed by atoms with E-state index in [1.54, 1.807) is 0 Å². The Hall–Kier alpha value is 0.310. The van der Waals surface area contributed by atoms with Gasteiger partial charge in [0.25, 0.3) is 0 Å². The Morgan fingerprint density at radius 1 is 1.27 bits per heavy atom. The smallest absolute Gasteiger partial charge is 0.0697 e. The fourth-order valence-corrected chi connectivity index (χ4v) is 3.98. The lowest BCUT2D eigenvalue weighted by atomic mass is 9.87. The molecule has 0 aromatic rings. The van der Waals surface area contributed by atoms with E-state index in [9.17, 15) is 0 Å². The van der Waals surface area contributed by atoms with Gasteiger partial charge in [0.1, 0.15) is 0 Å². The van der Waals surface area contributed by atoms with E-state index in [2.05, 4.69) is 30.9 Å². The van der Waals surface area contributed by atoms with Crippen LogP contribution in [-0.2, 0) is 0 Å². The van der Waals surface area contributed by atoms with Gasteiger partial charge in [0, 0.05) is 12.3 Å². The molecule has 0 amide bonds. The van der Waals surface area contributed by atoms with Crippen LogP contribution in [0, 0.1) is 5.41 Å². The Morgan fingerprint density at radius 3 is 2.55 bits per heavy atom. The van der Waals surface area contributed by atoms with Crippen molar-refractivity contribution in [2.45, 2.75) is 38.0 Å². The monoisotopic (exact) mass is 171 g/mol. The third kappa shape index (κ3) is 1.03. The molecular formula is C9H17NS. The summed E-state index contributed by atoms with van der Waals surface area (Å²) in [7, 11) is 0. The van der Waals surface area contributed by atoms with Gasteiger partial charge in [0.05, 0.1) is 4.87 Å². The fraction of sp³-hybridized carbons (Fsp3) is 1.00. The molecule has 64 valence electrons. The van der Waals surface area contributed by atoms with Crippen LogP contribution < -0.4 is 5.32 Å². The molecule has 0 aromatic carbocycles. The SMILES string of the molecule is CC1(C)CCCC12NCCS2. The highest BCUT2D eigenvalue weighted by Gasteiger charge is 2.50. The second-order valence-electron chi connectivity index (χ2n) is 4.34. The van der Waals surface area contributed by atoms with E-state index in [4.69, 9.17) is 0 Å². The van der Waals surface area contributed by atoms with E-state index in [0.717, 1.165) is 0 Å². The lowest BCUT2D eigenvalue weighted by Gasteiger charge is -2.37. The van der Waals surface area contributed by atoms with E-state index >= 15 is 0 Å². The van der Waals surface area contributed by atoms with Crippen molar-refractivity contribution in [3.05, 3.63) is 0 Å². The average molecular weight is 171 g/mol. The molecule has 1 atom stereocenters. The van der Waals surface area contributed by atoms with Crippen LogP contribution >= 0.6 is 11.8 Å². The van der Waals surface area contributed by atoms with Crippen LogP contribution in [0.3, 0.4) is 0 Å². The van der Waals surface area contributed by atoms with Crippen LogP contribution in [0.15, 0.2) is 0 Å². The number of hydrogen-bond acceptors (Lipinski definition) is 2. The Morgan fingerprint density at radius 2 is 2.09 bits per heavy atom. The predicted molar refractivity (Wildman–Crippen MR) is 50.8 cm³/mol. The molecule has 2 heteroatoms. The maximum atomic E-state index is 3.69. The van der Waals surface area contributed by atoms with Gasteiger partial charge in [0.15, 0.2) is 0 Å². The normalized spacial score (nSPS) is 42.0. The molecule has 1 nitrogen and oxygen atoms in total. The number of rotatable bonds is 0. The van der Waals surface area contributed by atoms with Gasteiger partial charge in [-0.25, -0.2) is 0 Å². The zero-order valence-electron chi connectivity index (χ0n) is 7.44. The molecule has 1 aliphatic carbocycles. The molecule has 1 saturated carbocycles. The van der Waals surface area contributed by atoms with Gasteiger partial charge in [-0.05, 0) is 18.3 Å². The Bertz CT molecular complexity index is 153. The lowest BCUT2D eigenvalue weighted by Crippen LogP contribution is -2.45. The third-order valence-electron chi connectivity index (χ3n) is 3.28. The summed E-state index contributed by atoms with van der Waals surface area (Å²) in [6.07, 6.45) is 4.19. The minimum Gasteiger partial charge on any atom is -0.302 e. The Labute approximate surface area is 73.3 Å². The topological polar surface area (TPSA) is 12.0 Å². The largest absolute Gasteiger partial charge is 0.302 e. The first kappa shape index (κ1) is 7.93. The molecule has 1 N–H and O–H groups in total. The zero-order valence-corrected chi connectivity index (χ0v) is 8.26. The van der Waals surface area contributed by atoms with Gasteiger partial charge < -0.3 is 5.32 Å². The molecule has 2 fully saturated rings. The van der Waals surface area contributed by atoms with E-state index in [1.807, 2.05) is 0 Å². The molecule has 2 aliphatic rings. The number of thioether (sulfide) groups is 1. The molecule has 0 bridgehead atoms. The van der Waals surface area contributed by atoms with Crippen molar-refractivity contribution < 1.29 is 0 Å². The highest BCUT2D eigenvalue weighted by Crippen LogP contribution is 2.53. The van der Waals surface area contributed by atoms with Crippen LogP contribution in [0.25, 0.3) is 0 Å². The standard InChI is InChI=1S/C9H17NS/c1-8(2)4-3-5-9(8)10-6-7-11-9/h10H,3-7H2,1-2H3. The summed E-state index contributed by atoms with van der Waals surface area (Å²) in [4.78, 5) is 0.451. The first-order valence-electron chi connectivity index (χ1n) is 4.55. The van der Waals surface area contributed by atoms with E-state index in [-0.39, 0.29) is 0 Å². The van der Waals surface area contributed by atoms with Gasteiger partial charge in [-0.2, -0.15) is 0 Å². The predicted octanol–water partition coefficient (Wildman–Crippen LogP) is 2.23. The molecule has 1 unspecified atom stereocenters. The van der Waals surface area contributed by atoms with Crippen molar-refractivity contribution in [2.75, 3.05) is 12.3 Å². The van der Waals surface area contributed by atoms with E-state index in [0.29, 0.717) is 10.3 Å². The van der Waals surface area contributed by atoms with Gasteiger partial charge in [0.2, 0.25) is 0 Å². The summed E-state index contributed by atoms with van der Waals surface area (Å²) in [6, 6.07) is 0. The first-order valence-corrected chi connectivity index (χ1v) is 5.54. The van der Waals surface area contributed by atoms with Crippen molar-refractivity contribution in [1.29, 1.82) is 0 Å². The molecule has 1 spiro atoms. The quantitative estimate of drug-likeness (QED) is 0.600. The molecule has 0 aromatic heterocycles. The highest BCUT2D eigenvalue weighted by atomic mass is 32.2. The summed E-state index contributed by atoms with van der Waals surface area (Å²) in [5.41, 5.74) is 0.522. The molecule has 0 radical (unpaired) electrons. The highest BCUT2D eigenvalue weighted by molar-refractivity contribution is 8.00.